The Labute approximate surface area is 227 Å². The molecular formula is C31H44N2O5. The number of carbonyl (C=O) groups is 1. The number of ether oxygens (including phenoxy) is 3. The Morgan fingerprint density at radius 2 is 1.87 bits per heavy atom. The van der Waals surface area contributed by atoms with Crippen molar-refractivity contribution in [2.45, 2.75) is 83.0 Å². The standard InChI is InChI=1S/C31H44N2O5/c1-22-11-10-12-23(2)29(22)38-28-14-5-4-13-25(28)31(16-7-9-18-36-3)15-6-8-17-33(21-37-31)30(35)24-19-26(32)27(34)20-24/h4-5,10-14,24,26-27,34H,6-9,15-21,32H2,1-3H3/t24-,26+,27-,31+/m0/s1. The molecule has 4 atom stereocenters. The van der Waals surface area contributed by atoms with E-state index in [9.17, 15) is 9.90 Å². The number of aliphatic hydroxyl groups excluding tert-OH is 1. The molecule has 2 aromatic rings. The van der Waals surface area contributed by atoms with E-state index in [0.717, 1.165) is 66.7 Å². The van der Waals surface area contributed by atoms with Crippen LogP contribution in [0.1, 0.15) is 68.1 Å². The number of nitrogens with zero attached hydrogens (tertiary/aromatic N) is 1. The second-order valence-corrected chi connectivity index (χ2v) is 11.0. The number of methoxy groups -OCH3 is 1. The van der Waals surface area contributed by atoms with Crippen molar-refractivity contribution >= 4 is 5.91 Å². The van der Waals surface area contributed by atoms with Crippen molar-refractivity contribution in [3.63, 3.8) is 0 Å². The third kappa shape index (κ3) is 6.57. The second-order valence-electron chi connectivity index (χ2n) is 11.0. The van der Waals surface area contributed by atoms with Gasteiger partial charge >= 0.3 is 0 Å². The van der Waals surface area contributed by atoms with Crippen LogP contribution in [-0.2, 0) is 19.9 Å². The van der Waals surface area contributed by atoms with Gasteiger partial charge in [-0.05, 0) is 82.4 Å². The minimum atomic E-state index is -0.617. The van der Waals surface area contributed by atoms with E-state index in [0.29, 0.717) is 26.0 Å². The van der Waals surface area contributed by atoms with Crippen molar-refractivity contribution in [2.24, 2.45) is 11.7 Å². The molecule has 1 aliphatic carbocycles. The largest absolute Gasteiger partial charge is 0.456 e. The molecule has 1 heterocycles. The molecule has 3 N–H and O–H groups in total. The predicted molar refractivity (Wildman–Crippen MR) is 148 cm³/mol. The average molecular weight is 525 g/mol. The first-order valence-electron chi connectivity index (χ1n) is 14.0. The summed E-state index contributed by atoms with van der Waals surface area (Å²) < 4.78 is 18.7. The van der Waals surface area contributed by atoms with E-state index in [1.165, 1.54) is 0 Å². The van der Waals surface area contributed by atoms with Gasteiger partial charge in [0.1, 0.15) is 18.2 Å². The van der Waals surface area contributed by atoms with Gasteiger partial charge < -0.3 is 30.0 Å². The first-order chi connectivity index (χ1) is 18.3. The van der Waals surface area contributed by atoms with Crippen LogP contribution >= 0.6 is 0 Å². The molecule has 0 spiro atoms. The summed E-state index contributed by atoms with van der Waals surface area (Å²) in [6, 6.07) is 14.0. The third-order valence-corrected chi connectivity index (χ3v) is 8.17. The van der Waals surface area contributed by atoms with E-state index < -0.39 is 11.7 Å². The molecule has 0 radical (unpaired) electrons. The number of aliphatic hydroxyl groups is 1. The highest BCUT2D eigenvalue weighted by molar-refractivity contribution is 5.79. The second kappa shape index (κ2) is 13.1. The zero-order chi connectivity index (χ0) is 27.1. The Hall–Kier alpha value is -2.45. The van der Waals surface area contributed by atoms with Crippen molar-refractivity contribution in [3.8, 4) is 11.5 Å². The summed E-state index contributed by atoms with van der Waals surface area (Å²) >= 11 is 0. The minimum absolute atomic E-state index is 0.0345. The van der Waals surface area contributed by atoms with Crippen LogP contribution in [-0.4, -0.2) is 55.1 Å². The van der Waals surface area contributed by atoms with Gasteiger partial charge in [0.15, 0.2) is 0 Å². The van der Waals surface area contributed by atoms with E-state index in [4.69, 9.17) is 19.9 Å². The molecule has 0 unspecified atom stereocenters. The van der Waals surface area contributed by atoms with Crippen molar-refractivity contribution in [2.75, 3.05) is 27.0 Å². The highest BCUT2D eigenvalue weighted by atomic mass is 16.5. The summed E-state index contributed by atoms with van der Waals surface area (Å²) in [5.41, 5.74) is 8.61. The number of hydrogen-bond donors (Lipinski definition) is 2. The summed E-state index contributed by atoms with van der Waals surface area (Å²) in [6.07, 6.45) is 5.67. The van der Waals surface area contributed by atoms with Crippen LogP contribution in [0, 0.1) is 19.8 Å². The molecule has 7 nitrogen and oxygen atoms in total. The van der Waals surface area contributed by atoms with Gasteiger partial charge in [-0.25, -0.2) is 0 Å². The molecule has 2 aromatic carbocycles. The SMILES string of the molecule is COCCCC[C@@]1(c2ccccc2Oc2c(C)cccc2C)CCCCN(C(=O)[C@H]2C[C@@H](N)[C@@H](O)C2)CO1. The fraction of sp³-hybridized carbons (Fsp3) is 0.581. The monoisotopic (exact) mass is 524 g/mol. The maximum atomic E-state index is 13.4. The molecule has 2 aliphatic rings. The Balaban J connectivity index is 1.62. The van der Waals surface area contributed by atoms with Gasteiger partial charge in [-0.2, -0.15) is 0 Å². The zero-order valence-electron chi connectivity index (χ0n) is 23.2. The summed E-state index contributed by atoms with van der Waals surface area (Å²) in [6.45, 7) is 5.69. The van der Waals surface area contributed by atoms with Crippen molar-refractivity contribution in [1.82, 2.24) is 4.90 Å². The lowest BCUT2D eigenvalue weighted by molar-refractivity contribution is -0.157. The molecule has 1 saturated carbocycles. The Morgan fingerprint density at radius 3 is 2.58 bits per heavy atom. The van der Waals surface area contributed by atoms with E-state index in [-0.39, 0.29) is 24.6 Å². The van der Waals surface area contributed by atoms with E-state index >= 15 is 0 Å². The van der Waals surface area contributed by atoms with E-state index in [1.54, 1.807) is 7.11 Å². The maximum Gasteiger partial charge on any atom is 0.227 e. The highest BCUT2D eigenvalue weighted by Crippen LogP contribution is 2.44. The van der Waals surface area contributed by atoms with Gasteiger partial charge in [-0.3, -0.25) is 4.79 Å². The van der Waals surface area contributed by atoms with E-state index in [1.807, 2.05) is 29.2 Å². The lowest BCUT2D eigenvalue weighted by Gasteiger charge is -2.40. The topological polar surface area (TPSA) is 94.3 Å². The van der Waals surface area contributed by atoms with Crippen LogP contribution in [0.3, 0.4) is 0 Å². The van der Waals surface area contributed by atoms with Crippen molar-refractivity contribution in [3.05, 3.63) is 59.2 Å². The quantitative estimate of drug-likeness (QED) is 0.439. The molecule has 1 saturated heterocycles. The Bertz CT molecular complexity index is 1050. The molecule has 4 rings (SSSR count). The molecule has 1 aliphatic heterocycles. The van der Waals surface area contributed by atoms with Crippen molar-refractivity contribution in [1.29, 1.82) is 0 Å². The van der Waals surface area contributed by atoms with Gasteiger partial charge in [-0.1, -0.05) is 36.4 Å². The lowest BCUT2D eigenvalue weighted by Crippen LogP contribution is -2.44. The predicted octanol–water partition coefficient (Wildman–Crippen LogP) is 5.19. The van der Waals surface area contributed by atoms with Gasteiger partial charge in [0.25, 0.3) is 0 Å². The van der Waals surface area contributed by atoms with Crippen LogP contribution < -0.4 is 10.5 Å². The van der Waals surface area contributed by atoms with Crippen molar-refractivity contribution < 1.29 is 24.1 Å². The summed E-state index contributed by atoms with van der Waals surface area (Å²) in [7, 11) is 1.73. The van der Waals surface area contributed by atoms with Crippen LogP contribution in [0.15, 0.2) is 42.5 Å². The number of nitrogens with two attached hydrogens (primary N) is 1. The zero-order valence-corrected chi connectivity index (χ0v) is 23.2. The highest BCUT2D eigenvalue weighted by Gasteiger charge is 2.40. The van der Waals surface area contributed by atoms with Crippen LogP contribution in [0.25, 0.3) is 0 Å². The first-order valence-corrected chi connectivity index (χ1v) is 14.0. The summed E-state index contributed by atoms with van der Waals surface area (Å²) in [5, 5.41) is 10.1. The number of carbonyl (C=O) groups excluding carboxylic acids is 1. The number of benzene rings is 2. The normalized spacial score (nSPS) is 26.1. The molecule has 0 bridgehead atoms. The number of para-hydroxylation sites is 2. The number of hydrogen-bond acceptors (Lipinski definition) is 6. The molecule has 208 valence electrons. The molecule has 0 aromatic heterocycles. The number of rotatable bonds is 9. The Kier molecular flexibility index (Phi) is 9.82. The first kappa shape index (κ1) is 28.6. The summed E-state index contributed by atoms with van der Waals surface area (Å²) in [4.78, 5) is 15.3. The molecule has 1 amide bonds. The lowest BCUT2D eigenvalue weighted by atomic mass is 9.82. The molecular weight excluding hydrogens is 480 g/mol. The Morgan fingerprint density at radius 1 is 1.11 bits per heavy atom. The van der Waals surface area contributed by atoms with Gasteiger partial charge in [0.2, 0.25) is 5.91 Å². The average Bonchev–Trinajstić information content (AvgIpc) is 3.24. The fourth-order valence-corrected chi connectivity index (χ4v) is 5.94. The molecule has 38 heavy (non-hydrogen) atoms. The van der Waals surface area contributed by atoms with Gasteiger partial charge in [-0.15, -0.1) is 0 Å². The van der Waals surface area contributed by atoms with Gasteiger partial charge in [0.05, 0.1) is 11.7 Å². The molecule has 7 heteroatoms. The van der Waals surface area contributed by atoms with Gasteiger partial charge in [0, 0.05) is 37.8 Å². The number of amides is 1. The maximum absolute atomic E-state index is 13.4. The van der Waals surface area contributed by atoms with Crippen LogP contribution in [0.4, 0.5) is 0 Å². The molecule has 2 fully saturated rings. The third-order valence-electron chi connectivity index (χ3n) is 8.17. The summed E-state index contributed by atoms with van der Waals surface area (Å²) in [5.74, 6) is 1.44. The fourth-order valence-electron chi connectivity index (χ4n) is 5.94. The van der Waals surface area contributed by atoms with Crippen LogP contribution in [0.5, 0.6) is 11.5 Å². The number of unbranched alkanes of at least 4 members (excludes halogenated alkanes) is 1. The van der Waals surface area contributed by atoms with Crippen LogP contribution in [0.2, 0.25) is 0 Å². The number of aryl methyl sites for hydroxylation is 2. The minimum Gasteiger partial charge on any atom is -0.456 e. The smallest absolute Gasteiger partial charge is 0.227 e. The van der Waals surface area contributed by atoms with E-state index in [2.05, 4.69) is 32.0 Å².